The quantitative estimate of drug-likeness (QED) is 0.209. The topological polar surface area (TPSA) is 127 Å². The fourth-order valence-electron chi connectivity index (χ4n) is 8.10. The number of benzene rings is 3. The number of anilines is 5. The number of ether oxygens (including phenoxy) is 2. The molecule has 4 aliphatic rings. The van der Waals surface area contributed by atoms with Crippen molar-refractivity contribution in [2.75, 3.05) is 79.5 Å². The fourth-order valence-corrected chi connectivity index (χ4v) is 8.10. The maximum absolute atomic E-state index is 13.6. The number of aryl methyl sites for hydroxylation is 1. The van der Waals surface area contributed by atoms with Gasteiger partial charge in [0.05, 0.1) is 25.9 Å². The maximum Gasteiger partial charge on any atom is 0.410 e. The van der Waals surface area contributed by atoms with Crippen molar-refractivity contribution in [3.8, 4) is 5.75 Å². The fraction of sp³-hybridized carbons (Fsp3) is 0.432. The number of nitrogens with one attached hydrogen (secondary N) is 1. The number of aromatic nitrogens is 2. The lowest BCUT2D eigenvalue weighted by molar-refractivity contribution is -0.129. The zero-order valence-corrected chi connectivity index (χ0v) is 34.1. The second-order valence-corrected chi connectivity index (χ2v) is 16.6. The van der Waals surface area contributed by atoms with Crippen molar-refractivity contribution in [1.29, 1.82) is 0 Å². The minimum absolute atomic E-state index is 0.154. The summed E-state index contributed by atoms with van der Waals surface area (Å²) in [6.45, 7) is 15.1. The highest BCUT2D eigenvalue weighted by molar-refractivity contribution is 6.06. The van der Waals surface area contributed by atoms with Gasteiger partial charge in [0.2, 0.25) is 11.9 Å². The molecule has 4 aliphatic heterocycles. The van der Waals surface area contributed by atoms with Crippen molar-refractivity contribution in [1.82, 2.24) is 24.7 Å². The van der Waals surface area contributed by atoms with Crippen molar-refractivity contribution in [3.63, 3.8) is 0 Å². The summed E-state index contributed by atoms with van der Waals surface area (Å²) in [7, 11) is 1.61. The van der Waals surface area contributed by atoms with Crippen molar-refractivity contribution in [2.45, 2.75) is 65.3 Å². The van der Waals surface area contributed by atoms with Gasteiger partial charge in [-0.3, -0.25) is 19.5 Å². The van der Waals surface area contributed by atoms with Crippen molar-refractivity contribution in [3.05, 3.63) is 95.3 Å². The minimum atomic E-state index is -0.543. The van der Waals surface area contributed by atoms with Crippen LogP contribution >= 0.6 is 0 Å². The summed E-state index contributed by atoms with van der Waals surface area (Å²) in [6.07, 6.45) is 2.52. The number of rotatable bonds is 9. The van der Waals surface area contributed by atoms with E-state index in [4.69, 9.17) is 14.5 Å². The average Bonchev–Trinajstić information content (AvgIpc) is 3.19. The van der Waals surface area contributed by atoms with E-state index in [0.717, 1.165) is 84.5 Å². The molecule has 5 heterocycles. The summed E-state index contributed by atoms with van der Waals surface area (Å²) in [4.78, 5) is 60.5. The van der Waals surface area contributed by atoms with Crippen molar-refractivity contribution >= 4 is 46.7 Å². The molecule has 3 saturated heterocycles. The Balaban J connectivity index is 0.803. The Hall–Kier alpha value is -5.89. The first-order valence-corrected chi connectivity index (χ1v) is 20.2. The van der Waals surface area contributed by atoms with Gasteiger partial charge in [-0.1, -0.05) is 12.1 Å². The molecule has 0 saturated carbocycles. The number of carbonyl (C=O) groups is 3. The van der Waals surface area contributed by atoms with Crippen molar-refractivity contribution < 1.29 is 23.9 Å². The molecule has 58 heavy (non-hydrogen) atoms. The summed E-state index contributed by atoms with van der Waals surface area (Å²) in [6, 6.07) is 22.4. The highest BCUT2D eigenvalue weighted by atomic mass is 16.6. The number of urea groups is 1. The molecule has 4 aromatic rings. The SMILES string of the molecule is COc1ccc(CN2C(=O)CCN(c3ccc(N4CCN(C5CN(c6ccc(Nc7ncc8c(n7)CN(C(=O)OC(C)(C)C)CC8)cc6)C5)CC4)cc3C)C2=O)cc1. The molecule has 3 fully saturated rings. The Morgan fingerprint density at radius 1 is 0.862 bits per heavy atom. The van der Waals surface area contributed by atoms with Gasteiger partial charge in [-0.2, -0.15) is 0 Å². The third kappa shape index (κ3) is 8.52. The Bertz CT molecular complexity index is 2140. The van der Waals surface area contributed by atoms with E-state index in [9.17, 15) is 14.4 Å². The van der Waals surface area contributed by atoms with Crippen LogP contribution in [0.1, 0.15) is 49.6 Å². The lowest BCUT2D eigenvalue weighted by Gasteiger charge is -2.49. The van der Waals surface area contributed by atoms with E-state index in [1.165, 1.54) is 10.6 Å². The molecular weight excluding hydrogens is 735 g/mol. The summed E-state index contributed by atoms with van der Waals surface area (Å²) in [5, 5.41) is 3.33. The smallest absolute Gasteiger partial charge is 0.410 e. The summed E-state index contributed by atoms with van der Waals surface area (Å²) < 4.78 is 10.8. The normalized spacial score (nSPS) is 17.9. The first kappa shape index (κ1) is 39.0. The predicted octanol–water partition coefficient (Wildman–Crippen LogP) is 6.20. The van der Waals surface area contributed by atoms with Crippen LogP contribution in [0.4, 0.5) is 38.3 Å². The van der Waals surface area contributed by atoms with Crippen LogP contribution in [-0.2, 0) is 29.0 Å². The van der Waals surface area contributed by atoms with E-state index in [2.05, 4.69) is 61.4 Å². The maximum atomic E-state index is 13.6. The number of nitrogens with zero attached hydrogens (tertiary/aromatic N) is 8. The first-order valence-electron chi connectivity index (χ1n) is 20.2. The van der Waals surface area contributed by atoms with E-state index in [-0.39, 0.29) is 31.0 Å². The predicted molar refractivity (Wildman–Crippen MR) is 224 cm³/mol. The largest absolute Gasteiger partial charge is 0.497 e. The molecule has 304 valence electrons. The van der Waals surface area contributed by atoms with E-state index in [1.807, 2.05) is 64.2 Å². The van der Waals surface area contributed by atoms with Gasteiger partial charge in [0.1, 0.15) is 11.4 Å². The summed E-state index contributed by atoms with van der Waals surface area (Å²) in [5.41, 5.74) is 7.35. The van der Waals surface area contributed by atoms with Crippen LogP contribution in [0, 0.1) is 6.92 Å². The molecule has 0 aliphatic carbocycles. The van der Waals surface area contributed by atoms with Crippen LogP contribution in [0.5, 0.6) is 5.75 Å². The van der Waals surface area contributed by atoms with Gasteiger partial charge in [0.15, 0.2) is 0 Å². The Morgan fingerprint density at radius 2 is 1.59 bits per heavy atom. The Morgan fingerprint density at radius 3 is 2.28 bits per heavy atom. The number of amides is 4. The number of piperazine rings is 1. The number of imide groups is 1. The first-order chi connectivity index (χ1) is 27.9. The molecular formula is C44H53N9O5. The molecule has 8 rings (SSSR count). The van der Waals surface area contributed by atoms with Crippen LogP contribution in [0.2, 0.25) is 0 Å². The van der Waals surface area contributed by atoms with E-state index in [0.29, 0.717) is 38.0 Å². The molecule has 0 atom stereocenters. The van der Waals surface area contributed by atoms with Crippen LogP contribution < -0.4 is 24.8 Å². The average molecular weight is 788 g/mol. The summed E-state index contributed by atoms with van der Waals surface area (Å²) in [5.74, 6) is 1.09. The zero-order valence-electron chi connectivity index (χ0n) is 34.1. The molecule has 14 nitrogen and oxygen atoms in total. The lowest BCUT2D eigenvalue weighted by Crippen LogP contribution is -2.63. The standard InChI is InChI=1S/C44H53N9O5/c1-30-24-35(12-15-39(30)52-19-17-40(54)53(42(52)55)26-31-6-13-37(57-5)14-7-31)48-20-22-49(23-21-48)36-27-51(28-36)34-10-8-33(9-11-34)46-41-45-25-32-16-18-50(29-38(32)47-41)43(56)58-44(2,3)4/h6-15,24-25,36H,16-23,26-29H2,1-5H3,(H,45,46,47). The highest BCUT2D eigenvalue weighted by Gasteiger charge is 2.36. The number of methoxy groups -OCH3 is 1. The second kappa shape index (κ2) is 16.2. The third-order valence-corrected chi connectivity index (χ3v) is 11.4. The van der Waals surface area contributed by atoms with Gasteiger partial charge in [0, 0.05) is 93.8 Å². The van der Waals surface area contributed by atoms with E-state index >= 15 is 0 Å². The second-order valence-electron chi connectivity index (χ2n) is 16.6. The Kier molecular flexibility index (Phi) is 10.9. The van der Waals surface area contributed by atoms with Crippen LogP contribution in [0.3, 0.4) is 0 Å². The van der Waals surface area contributed by atoms with E-state index in [1.54, 1.807) is 16.9 Å². The van der Waals surface area contributed by atoms with Gasteiger partial charge in [-0.05, 0) is 105 Å². The molecule has 0 radical (unpaired) electrons. The molecule has 3 aromatic carbocycles. The van der Waals surface area contributed by atoms with Gasteiger partial charge >= 0.3 is 12.1 Å². The van der Waals surface area contributed by atoms with E-state index < -0.39 is 5.60 Å². The molecule has 14 heteroatoms. The molecule has 0 spiro atoms. The Labute approximate surface area is 340 Å². The van der Waals surface area contributed by atoms with Gasteiger partial charge in [-0.15, -0.1) is 0 Å². The number of hydrogen-bond donors (Lipinski definition) is 1. The number of hydrogen-bond acceptors (Lipinski definition) is 11. The number of carbonyl (C=O) groups excluding carboxylic acids is 3. The molecule has 0 bridgehead atoms. The minimum Gasteiger partial charge on any atom is -0.497 e. The molecule has 1 aromatic heterocycles. The van der Waals surface area contributed by atoms with Gasteiger partial charge in [-0.25, -0.2) is 19.6 Å². The molecule has 1 N–H and O–H groups in total. The zero-order chi connectivity index (χ0) is 40.6. The summed E-state index contributed by atoms with van der Waals surface area (Å²) >= 11 is 0. The van der Waals surface area contributed by atoms with Crippen LogP contribution in [-0.4, -0.2) is 114 Å². The van der Waals surface area contributed by atoms with Gasteiger partial charge in [0.25, 0.3) is 0 Å². The third-order valence-electron chi connectivity index (χ3n) is 11.4. The van der Waals surface area contributed by atoms with Crippen LogP contribution in [0.15, 0.2) is 72.9 Å². The number of fused-ring (bicyclic) bond motifs is 1. The van der Waals surface area contributed by atoms with Gasteiger partial charge < -0.3 is 29.5 Å². The van der Waals surface area contributed by atoms with Crippen LogP contribution in [0.25, 0.3) is 0 Å². The molecule has 4 amide bonds. The van der Waals surface area contributed by atoms with Crippen molar-refractivity contribution in [2.24, 2.45) is 0 Å². The lowest BCUT2D eigenvalue weighted by atomic mass is 10.0. The highest BCUT2D eigenvalue weighted by Crippen LogP contribution is 2.32. The molecule has 0 unspecified atom stereocenters. The monoisotopic (exact) mass is 787 g/mol.